The molecule has 1 heterocycles. The van der Waals surface area contributed by atoms with Crippen molar-refractivity contribution < 1.29 is 9.18 Å². The van der Waals surface area contributed by atoms with Gasteiger partial charge in [-0.3, -0.25) is 4.79 Å². The van der Waals surface area contributed by atoms with Gasteiger partial charge in [0.2, 0.25) is 5.91 Å². The van der Waals surface area contributed by atoms with Crippen LogP contribution >= 0.6 is 0 Å². The molecule has 2 rings (SSSR count). The fourth-order valence-corrected chi connectivity index (χ4v) is 2.05. The number of nitrogens with zero attached hydrogens (tertiary/aromatic N) is 2. The van der Waals surface area contributed by atoms with E-state index in [-0.39, 0.29) is 11.8 Å². The summed E-state index contributed by atoms with van der Waals surface area (Å²) in [5.74, 6) is -0.703. The third-order valence-corrected chi connectivity index (χ3v) is 3.73. The number of carbonyl (C=O) groups is 1. The lowest BCUT2D eigenvalue weighted by atomic mass is 9.99. The topological polar surface area (TPSA) is 72.9 Å². The lowest BCUT2D eigenvalue weighted by molar-refractivity contribution is -0.118. The first kappa shape index (κ1) is 16.2. The van der Waals surface area contributed by atoms with Crippen LogP contribution in [0.3, 0.4) is 0 Å². The Labute approximate surface area is 129 Å². The maximum Gasteiger partial charge on any atom is 0.241 e. The molecule has 1 aromatic carbocycles. The smallest absolute Gasteiger partial charge is 0.241 e. The number of hydrogen-bond acceptors (Lipinski definition) is 3. The van der Waals surface area contributed by atoms with E-state index >= 15 is 0 Å². The minimum atomic E-state index is -0.610. The van der Waals surface area contributed by atoms with Gasteiger partial charge in [0.25, 0.3) is 0 Å². The van der Waals surface area contributed by atoms with Crippen molar-refractivity contribution in [1.82, 2.24) is 9.78 Å². The number of nitrogens with two attached hydrogens (primary N) is 1. The molecule has 2 atom stereocenters. The molecule has 0 radical (unpaired) electrons. The molecule has 0 saturated carbocycles. The maximum absolute atomic E-state index is 14.2. The van der Waals surface area contributed by atoms with Crippen LogP contribution in [0.2, 0.25) is 0 Å². The quantitative estimate of drug-likeness (QED) is 0.892. The molecule has 1 aromatic heterocycles. The van der Waals surface area contributed by atoms with Gasteiger partial charge in [-0.2, -0.15) is 5.10 Å². The van der Waals surface area contributed by atoms with Crippen molar-refractivity contribution in [1.29, 1.82) is 0 Å². The van der Waals surface area contributed by atoms with Gasteiger partial charge in [-0.05, 0) is 36.6 Å². The molecule has 3 N–H and O–H groups in total. The van der Waals surface area contributed by atoms with Gasteiger partial charge in [-0.25, -0.2) is 9.07 Å². The maximum atomic E-state index is 14.2. The SMILES string of the molecule is CCC(C)C(N)C(=O)Nc1ccc(-n2cc(C)cn2)c(F)c1. The zero-order valence-corrected chi connectivity index (χ0v) is 13.0. The zero-order valence-electron chi connectivity index (χ0n) is 13.0. The highest BCUT2D eigenvalue weighted by molar-refractivity contribution is 5.94. The number of aryl methyl sites for hydroxylation is 1. The number of halogens is 1. The second-order valence-electron chi connectivity index (χ2n) is 5.53. The summed E-state index contributed by atoms with van der Waals surface area (Å²) >= 11 is 0. The number of amides is 1. The van der Waals surface area contributed by atoms with Gasteiger partial charge in [0.05, 0.1) is 12.2 Å². The third-order valence-electron chi connectivity index (χ3n) is 3.73. The number of aromatic nitrogens is 2. The van der Waals surface area contributed by atoms with E-state index in [1.165, 1.54) is 10.7 Å². The van der Waals surface area contributed by atoms with Crippen molar-refractivity contribution in [2.45, 2.75) is 33.2 Å². The molecule has 5 nitrogen and oxygen atoms in total. The molecule has 0 aliphatic heterocycles. The summed E-state index contributed by atoms with van der Waals surface area (Å²) in [5, 5.41) is 6.72. The van der Waals surface area contributed by atoms with Crippen molar-refractivity contribution in [2.75, 3.05) is 5.32 Å². The Hall–Kier alpha value is -2.21. The van der Waals surface area contributed by atoms with Gasteiger partial charge in [-0.1, -0.05) is 20.3 Å². The Morgan fingerprint density at radius 3 is 2.77 bits per heavy atom. The predicted molar refractivity (Wildman–Crippen MR) is 84.3 cm³/mol. The second-order valence-corrected chi connectivity index (χ2v) is 5.53. The first-order valence-electron chi connectivity index (χ1n) is 7.30. The number of carbonyl (C=O) groups excluding carboxylic acids is 1. The Morgan fingerprint density at radius 2 is 2.23 bits per heavy atom. The minimum absolute atomic E-state index is 0.0659. The van der Waals surface area contributed by atoms with Crippen molar-refractivity contribution in [3.05, 3.63) is 42.0 Å². The fourth-order valence-electron chi connectivity index (χ4n) is 2.05. The Bertz CT molecular complexity index is 668. The van der Waals surface area contributed by atoms with E-state index in [1.54, 1.807) is 24.5 Å². The average molecular weight is 304 g/mol. The van der Waals surface area contributed by atoms with E-state index in [0.717, 1.165) is 12.0 Å². The molecule has 2 unspecified atom stereocenters. The summed E-state index contributed by atoms with van der Waals surface area (Å²) in [4.78, 5) is 12.0. The van der Waals surface area contributed by atoms with Crippen LogP contribution in [-0.4, -0.2) is 21.7 Å². The van der Waals surface area contributed by atoms with Crippen LogP contribution in [0, 0.1) is 18.7 Å². The van der Waals surface area contributed by atoms with Gasteiger partial charge < -0.3 is 11.1 Å². The highest BCUT2D eigenvalue weighted by atomic mass is 19.1. The number of rotatable bonds is 5. The van der Waals surface area contributed by atoms with E-state index in [4.69, 9.17) is 5.73 Å². The minimum Gasteiger partial charge on any atom is -0.325 e. The molecular weight excluding hydrogens is 283 g/mol. The van der Waals surface area contributed by atoms with Crippen LogP contribution in [0.25, 0.3) is 5.69 Å². The number of anilines is 1. The number of nitrogens with one attached hydrogen (secondary N) is 1. The number of benzene rings is 1. The van der Waals surface area contributed by atoms with Crippen molar-refractivity contribution >= 4 is 11.6 Å². The lowest BCUT2D eigenvalue weighted by Crippen LogP contribution is -2.40. The second kappa shape index (κ2) is 6.70. The average Bonchev–Trinajstić information content (AvgIpc) is 2.92. The molecule has 0 aliphatic rings. The largest absolute Gasteiger partial charge is 0.325 e. The molecule has 118 valence electrons. The highest BCUT2D eigenvalue weighted by Crippen LogP contribution is 2.19. The van der Waals surface area contributed by atoms with E-state index < -0.39 is 11.9 Å². The molecule has 1 amide bonds. The van der Waals surface area contributed by atoms with Gasteiger partial charge in [0, 0.05) is 11.9 Å². The summed E-state index contributed by atoms with van der Waals surface area (Å²) in [5.41, 5.74) is 7.52. The highest BCUT2D eigenvalue weighted by Gasteiger charge is 2.19. The fraction of sp³-hybridized carbons (Fsp3) is 0.375. The summed E-state index contributed by atoms with van der Waals surface area (Å²) in [6.45, 7) is 5.76. The first-order chi connectivity index (χ1) is 10.4. The van der Waals surface area contributed by atoms with Gasteiger partial charge >= 0.3 is 0 Å². The number of hydrogen-bond donors (Lipinski definition) is 2. The van der Waals surface area contributed by atoms with E-state index in [9.17, 15) is 9.18 Å². The van der Waals surface area contributed by atoms with Gasteiger partial charge in [0.1, 0.15) is 5.69 Å². The van der Waals surface area contributed by atoms with Gasteiger partial charge in [0.15, 0.2) is 5.82 Å². The summed E-state index contributed by atoms with van der Waals surface area (Å²) in [7, 11) is 0. The van der Waals surface area contributed by atoms with E-state index in [1.807, 2.05) is 20.8 Å². The van der Waals surface area contributed by atoms with E-state index in [0.29, 0.717) is 11.4 Å². The third kappa shape index (κ3) is 3.51. The normalized spacial score (nSPS) is 13.7. The van der Waals surface area contributed by atoms with Crippen LogP contribution < -0.4 is 11.1 Å². The monoisotopic (exact) mass is 304 g/mol. The first-order valence-corrected chi connectivity index (χ1v) is 7.30. The Balaban J connectivity index is 2.14. The van der Waals surface area contributed by atoms with Crippen molar-refractivity contribution in [2.24, 2.45) is 11.7 Å². The standard InChI is InChI=1S/C16H21FN4O/c1-4-11(3)15(18)16(22)20-12-5-6-14(13(17)7-12)21-9-10(2)8-19-21/h5-9,11,15H,4,18H2,1-3H3,(H,20,22). The molecular formula is C16H21FN4O. The zero-order chi connectivity index (χ0) is 16.3. The summed E-state index contributed by atoms with van der Waals surface area (Å²) in [6.07, 6.45) is 4.19. The summed E-state index contributed by atoms with van der Waals surface area (Å²) < 4.78 is 15.6. The van der Waals surface area contributed by atoms with Crippen molar-refractivity contribution in [3.63, 3.8) is 0 Å². The van der Waals surface area contributed by atoms with E-state index in [2.05, 4.69) is 10.4 Å². The molecule has 6 heteroatoms. The molecule has 0 fully saturated rings. The van der Waals surface area contributed by atoms with Crippen LogP contribution in [0.1, 0.15) is 25.8 Å². The van der Waals surface area contributed by atoms with Crippen molar-refractivity contribution in [3.8, 4) is 5.69 Å². The molecule has 0 aliphatic carbocycles. The molecule has 2 aromatic rings. The molecule has 0 saturated heterocycles. The van der Waals surface area contributed by atoms with Crippen LogP contribution in [0.5, 0.6) is 0 Å². The van der Waals surface area contributed by atoms with Gasteiger partial charge in [-0.15, -0.1) is 0 Å². The van der Waals surface area contributed by atoms with Crippen LogP contribution in [0.15, 0.2) is 30.6 Å². The molecule has 22 heavy (non-hydrogen) atoms. The summed E-state index contributed by atoms with van der Waals surface area (Å²) in [6, 6.07) is 3.87. The Kier molecular flexibility index (Phi) is 4.92. The van der Waals surface area contributed by atoms with Crippen LogP contribution in [0.4, 0.5) is 10.1 Å². The predicted octanol–water partition coefficient (Wildman–Crippen LogP) is 2.63. The molecule has 0 spiro atoms. The van der Waals surface area contributed by atoms with Crippen LogP contribution in [-0.2, 0) is 4.79 Å². The Morgan fingerprint density at radius 1 is 1.50 bits per heavy atom. The molecule has 0 bridgehead atoms. The lowest BCUT2D eigenvalue weighted by Gasteiger charge is -2.18.